The highest BCUT2D eigenvalue weighted by Crippen LogP contribution is 2.25. The maximum Gasteiger partial charge on any atom is 0.290 e. The molecule has 0 unspecified atom stereocenters. The third-order valence-electron chi connectivity index (χ3n) is 4.70. The van der Waals surface area contributed by atoms with Gasteiger partial charge < -0.3 is 10.4 Å². The van der Waals surface area contributed by atoms with Crippen LogP contribution < -0.4 is 5.32 Å². The highest BCUT2D eigenvalue weighted by Gasteiger charge is 2.32. The number of carbonyl (C=O) groups excluding carboxylic acids is 1. The van der Waals surface area contributed by atoms with Crippen LogP contribution in [-0.4, -0.2) is 51.9 Å². The van der Waals surface area contributed by atoms with Gasteiger partial charge in [0.15, 0.2) is 5.69 Å². The average molecular weight is 443 g/mol. The van der Waals surface area contributed by atoms with Crippen LogP contribution >= 0.6 is 0 Å². The topological polar surface area (TPSA) is 145 Å². The lowest BCUT2D eigenvalue weighted by Gasteiger charge is -2.26. The number of nitrogens with one attached hydrogen (secondary N) is 2. The molecule has 1 aliphatic heterocycles. The number of hydrogen-bond acceptors (Lipinski definition) is 6. The fraction of sp³-hybridized carbons (Fsp3) is 0.200. The van der Waals surface area contributed by atoms with Crippen molar-refractivity contribution in [3.8, 4) is 0 Å². The highest BCUT2D eigenvalue weighted by molar-refractivity contribution is 7.89. The molecule has 31 heavy (non-hydrogen) atoms. The van der Waals surface area contributed by atoms with Crippen LogP contribution in [-0.2, 0) is 34.3 Å². The third-order valence-corrected chi connectivity index (χ3v) is 6.56. The van der Waals surface area contributed by atoms with Crippen molar-refractivity contribution < 1.29 is 23.1 Å². The van der Waals surface area contributed by atoms with Crippen LogP contribution in [0, 0.1) is 0 Å². The number of pyridine rings is 1. The minimum atomic E-state index is -3.58. The number of sulfonamides is 1. The Bertz CT molecular complexity index is 1130. The van der Waals surface area contributed by atoms with E-state index in [1.54, 1.807) is 42.7 Å². The number of benzene rings is 1. The number of hydrogen-bond donors (Lipinski definition) is 3. The van der Waals surface area contributed by atoms with E-state index in [1.807, 2.05) is 12.1 Å². The summed E-state index contributed by atoms with van der Waals surface area (Å²) < 4.78 is 27.0. The molecule has 4 rings (SSSR count). The molecule has 162 valence electrons. The van der Waals surface area contributed by atoms with Crippen molar-refractivity contribution >= 4 is 22.4 Å². The number of nitrogens with zero attached hydrogens (tertiary/aromatic N) is 3. The van der Waals surface area contributed by atoms with Gasteiger partial charge in [0.1, 0.15) is 0 Å². The van der Waals surface area contributed by atoms with E-state index in [0.29, 0.717) is 30.9 Å². The fourth-order valence-electron chi connectivity index (χ4n) is 3.19. The zero-order valence-electron chi connectivity index (χ0n) is 16.4. The van der Waals surface area contributed by atoms with Gasteiger partial charge in [0.2, 0.25) is 10.0 Å². The van der Waals surface area contributed by atoms with Gasteiger partial charge in [-0.15, -0.1) is 0 Å². The number of aromatic amines is 1. The van der Waals surface area contributed by atoms with Gasteiger partial charge in [-0.2, -0.15) is 9.40 Å². The Morgan fingerprint density at radius 1 is 1.19 bits per heavy atom. The number of rotatable bonds is 5. The zero-order chi connectivity index (χ0) is 22.3. The summed E-state index contributed by atoms with van der Waals surface area (Å²) in [4.78, 5) is 25.1. The molecule has 0 atom stereocenters. The number of aromatic nitrogens is 3. The van der Waals surface area contributed by atoms with Crippen molar-refractivity contribution in [1.29, 1.82) is 0 Å². The second kappa shape index (κ2) is 9.96. The normalized spacial score (nSPS) is 13.4. The van der Waals surface area contributed by atoms with Gasteiger partial charge in [0.05, 0.1) is 17.1 Å². The Kier molecular flexibility index (Phi) is 7.11. The summed E-state index contributed by atoms with van der Waals surface area (Å²) in [7, 11) is -3.58. The van der Waals surface area contributed by atoms with E-state index >= 15 is 0 Å². The molecule has 1 aliphatic rings. The lowest BCUT2D eigenvalue weighted by molar-refractivity contribution is -0.122. The quantitative estimate of drug-likeness (QED) is 0.502. The lowest BCUT2D eigenvalue weighted by atomic mass is 10.1. The van der Waals surface area contributed by atoms with Crippen molar-refractivity contribution in [2.45, 2.75) is 24.4 Å². The molecule has 0 saturated carbocycles. The Labute approximate surface area is 179 Å². The van der Waals surface area contributed by atoms with Crippen molar-refractivity contribution in [2.24, 2.45) is 0 Å². The maximum atomic E-state index is 12.8. The number of carbonyl (C=O) groups is 2. The zero-order valence-corrected chi connectivity index (χ0v) is 17.2. The van der Waals surface area contributed by atoms with Gasteiger partial charge in [-0.25, -0.2) is 8.42 Å². The molecule has 10 nitrogen and oxygen atoms in total. The van der Waals surface area contributed by atoms with Crippen LogP contribution in [0.15, 0.2) is 59.8 Å². The molecule has 0 bridgehead atoms. The summed E-state index contributed by atoms with van der Waals surface area (Å²) >= 11 is 0. The first kappa shape index (κ1) is 22.1. The van der Waals surface area contributed by atoms with E-state index in [2.05, 4.69) is 20.5 Å². The number of carboxylic acid groups (broad SMARTS) is 1. The predicted molar refractivity (Wildman–Crippen MR) is 110 cm³/mol. The smallest absolute Gasteiger partial charge is 0.290 e. The van der Waals surface area contributed by atoms with Gasteiger partial charge in [0.25, 0.3) is 12.4 Å². The van der Waals surface area contributed by atoms with Crippen LogP contribution in [0.1, 0.15) is 27.3 Å². The molecule has 0 radical (unpaired) electrons. The Balaban J connectivity index is 0.000000858. The molecular weight excluding hydrogens is 422 g/mol. The minimum absolute atomic E-state index is 0.164. The average Bonchev–Trinajstić information content (AvgIpc) is 3.23. The van der Waals surface area contributed by atoms with E-state index in [-0.39, 0.29) is 23.8 Å². The Morgan fingerprint density at radius 2 is 1.87 bits per heavy atom. The fourth-order valence-corrected chi connectivity index (χ4v) is 4.62. The molecule has 1 amide bonds. The Morgan fingerprint density at radius 3 is 2.55 bits per heavy atom. The Hall–Kier alpha value is -3.57. The monoisotopic (exact) mass is 443 g/mol. The second-order valence-electron chi connectivity index (χ2n) is 6.57. The van der Waals surface area contributed by atoms with Gasteiger partial charge in [0, 0.05) is 31.0 Å². The van der Waals surface area contributed by atoms with Gasteiger partial charge in [-0.3, -0.25) is 19.7 Å². The van der Waals surface area contributed by atoms with Crippen molar-refractivity contribution in [1.82, 2.24) is 24.8 Å². The highest BCUT2D eigenvalue weighted by atomic mass is 32.2. The molecule has 11 heteroatoms. The molecule has 3 N–H and O–H groups in total. The lowest BCUT2D eigenvalue weighted by Crippen LogP contribution is -2.36. The third kappa shape index (κ3) is 5.13. The van der Waals surface area contributed by atoms with Crippen LogP contribution in [0.5, 0.6) is 0 Å². The number of fused-ring (bicyclic) bond motifs is 1. The van der Waals surface area contributed by atoms with Crippen LogP contribution in [0.25, 0.3) is 0 Å². The molecular formula is C20H21N5O5S. The van der Waals surface area contributed by atoms with E-state index in [4.69, 9.17) is 9.90 Å². The van der Waals surface area contributed by atoms with Crippen molar-refractivity contribution in [3.63, 3.8) is 0 Å². The summed E-state index contributed by atoms with van der Waals surface area (Å²) in [6, 6.07) is 12.0. The largest absolute Gasteiger partial charge is 0.483 e. The van der Waals surface area contributed by atoms with Gasteiger partial charge >= 0.3 is 0 Å². The summed E-state index contributed by atoms with van der Waals surface area (Å²) in [5.74, 6) is -0.284. The second-order valence-corrected chi connectivity index (χ2v) is 8.51. The summed E-state index contributed by atoms with van der Waals surface area (Å²) in [5.41, 5.74) is 2.68. The summed E-state index contributed by atoms with van der Waals surface area (Å²) in [6.07, 6.45) is 3.76. The molecule has 0 fully saturated rings. The molecule has 1 aromatic carbocycles. The standard InChI is InChI=1S/C19H19N5O3S.CH2O2/c25-19(21-12-14-6-9-20-10-7-14)18-16-8-11-24(13-17(16)22-23-18)28(26,27)15-4-2-1-3-5-15;2-1-3/h1-7,9-10H,8,11-13H2,(H,21,25)(H,22,23);1H,(H,2,3). The molecule has 0 aliphatic carbocycles. The first-order chi connectivity index (χ1) is 15.0. The molecule has 3 heterocycles. The van der Waals surface area contributed by atoms with Crippen LogP contribution in [0.4, 0.5) is 0 Å². The van der Waals surface area contributed by atoms with E-state index in [1.165, 1.54) is 4.31 Å². The number of H-pyrrole nitrogens is 1. The molecule has 3 aromatic rings. The predicted octanol–water partition coefficient (Wildman–Crippen LogP) is 1.18. The first-order valence-electron chi connectivity index (χ1n) is 9.33. The van der Waals surface area contributed by atoms with E-state index in [9.17, 15) is 13.2 Å². The molecule has 0 saturated heterocycles. The SMILES string of the molecule is O=C(NCc1ccncc1)c1n[nH]c2c1CCN(S(=O)(=O)c1ccccc1)C2.O=CO. The van der Waals surface area contributed by atoms with Crippen molar-refractivity contribution in [2.75, 3.05) is 6.54 Å². The maximum absolute atomic E-state index is 12.8. The van der Waals surface area contributed by atoms with Crippen molar-refractivity contribution in [3.05, 3.63) is 77.4 Å². The summed E-state index contributed by atoms with van der Waals surface area (Å²) in [5, 5.41) is 16.7. The number of amides is 1. The van der Waals surface area contributed by atoms with E-state index < -0.39 is 10.0 Å². The van der Waals surface area contributed by atoms with Gasteiger partial charge in [-0.05, 0) is 36.2 Å². The first-order valence-corrected chi connectivity index (χ1v) is 10.8. The molecule has 0 spiro atoms. The summed E-state index contributed by atoms with van der Waals surface area (Å²) in [6.45, 7) is 0.586. The van der Waals surface area contributed by atoms with Crippen LogP contribution in [0.3, 0.4) is 0 Å². The minimum Gasteiger partial charge on any atom is -0.483 e. The molecule has 2 aromatic heterocycles. The van der Waals surface area contributed by atoms with Gasteiger partial charge in [-0.1, -0.05) is 18.2 Å². The van der Waals surface area contributed by atoms with Crippen LogP contribution in [0.2, 0.25) is 0 Å². The van der Waals surface area contributed by atoms with E-state index in [0.717, 1.165) is 11.1 Å².